The molecule has 3 aromatic carbocycles. The van der Waals surface area contributed by atoms with Gasteiger partial charge in [-0.3, -0.25) is 10.1 Å². The zero-order valence-electron chi connectivity index (χ0n) is 19.3. The number of hydrogen-bond acceptors (Lipinski definition) is 4. The van der Waals surface area contributed by atoms with Crippen LogP contribution in [0.1, 0.15) is 36.2 Å². The molecule has 7 heteroatoms. The summed E-state index contributed by atoms with van der Waals surface area (Å²) in [6.07, 6.45) is 1.93. The maximum absolute atomic E-state index is 12.8. The van der Waals surface area contributed by atoms with E-state index in [0.717, 1.165) is 28.8 Å². The number of halogens is 1. The minimum Gasteiger partial charge on any atom is -0.494 e. The van der Waals surface area contributed by atoms with E-state index in [1.54, 1.807) is 12.1 Å². The summed E-state index contributed by atoms with van der Waals surface area (Å²) in [5, 5.41) is 5.96. The highest BCUT2D eigenvalue weighted by molar-refractivity contribution is 9.10. The first-order chi connectivity index (χ1) is 16.4. The lowest BCUT2D eigenvalue weighted by Gasteiger charge is -2.15. The van der Waals surface area contributed by atoms with Gasteiger partial charge in [0.25, 0.3) is 5.91 Å². The second kappa shape index (κ2) is 13.1. The topological polar surface area (TPSA) is 59.6 Å². The lowest BCUT2D eigenvalue weighted by Crippen LogP contribution is -2.34. The molecule has 34 heavy (non-hydrogen) atoms. The second-order valence-corrected chi connectivity index (χ2v) is 9.54. The van der Waals surface area contributed by atoms with Gasteiger partial charge in [-0.25, -0.2) is 0 Å². The van der Waals surface area contributed by atoms with Crippen LogP contribution < -0.4 is 20.1 Å². The number of rotatable bonds is 10. The van der Waals surface area contributed by atoms with E-state index < -0.39 is 0 Å². The number of thiocarbonyl (C=S) groups is 1. The second-order valence-electron chi connectivity index (χ2n) is 8.22. The fourth-order valence-electron chi connectivity index (χ4n) is 3.14. The van der Waals surface area contributed by atoms with Gasteiger partial charge in [0, 0.05) is 10.2 Å². The van der Waals surface area contributed by atoms with E-state index in [0.29, 0.717) is 30.4 Å². The van der Waals surface area contributed by atoms with Crippen LogP contribution in [0.3, 0.4) is 0 Å². The van der Waals surface area contributed by atoms with Gasteiger partial charge in [-0.2, -0.15) is 0 Å². The molecule has 0 unspecified atom stereocenters. The van der Waals surface area contributed by atoms with Crippen LogP contribution in [0, 0.1) is 5.92 Å². The zero-order valence-corrected chi connectivity index (χ0v) is 21.7. The van der Waals surface area contributed by atoms with Gasteiger partial charge in [0.2, 0.25) is 0 Å². The van der Waals surface area contributed by atoms with Crippen molar-refractivity contribution in [3.63, 3.8) is 0 Å². The fraction of sp³-hybridized carbons (Fsp3) is 0.259. The number of hydrogen-bond donors (Lipinski definition) is 2. The number of benzene rings is 3. The zero-order chi connectivity index (χ0) is 24.3. The summed E-state index contributed by atoms with van der Waals surface area (Å²) in [4.78, 5) is 12.8. The molecule has 0 bridgehead atoms. The number of ether oxygens (including phenoxy) is 2. The predicted octanol–water partition coefficient (Wildman–Crippen LogP) is 6.62. The third-order valence-corrected chi connectivity index (χ3v) is 5.52. The Morgan fingerprint density at radius 2 is 1.74 bits per heavy atom. The van der Waals surface area contributed by atoms with Crippen LogP contribution in [0.4, 0.5) is 5.69 Å². The lowest BCUT2D eigenvalue weighted by molar-refractivity contribution is 0.0973. The Balaban J connectivity index is 1.48. The van der Waals surface area contributed by atoms with Crippen molar-refractivity contribution in [3.8, 4) is 11.5 Å². The van der Waals surface area contributed by atoms with Gasteiger partial charge in [-0.1, -0.05) is 60.1 Å². The quantitative estimate of drug-likeness (QED) is 0.223. The Labute approximate surface area is 215 Å². The lowest BCUT2D eigenvalue weighted by atomic mass is 10.1. The van der Waals surface area contributed by atoms with E-state index in [1.807, 2.05) is 48.5 Å². The summed E-state index contributed by atoms with van der Waals surface area (Å²) in [6, 6.07) is 23.2. The molecule has 2 N–H and O–H groups in total. The molecule has 0 aromatic heterocycles. The minimum atomic E-state index is -0.337. The summed E-state index contributed by atoms with van der Waals surface area (Å²) >= 11 is 8.74. The molecule has 1 amide bonds. The van der Waals surface area contributed by atoms with Crippen LogP contribution in [-0.2, 0) is 6.42 Å². The Morgan fingerprint density at radius 1 is 1.00 bits per heavy atom. The molecular formula is C27H29BrN2O3S. The summed E-state index contributed by atoms with van der Waals surface area (Å²) in [7, 11) is 0. The van der Waals surface area contributed by atoms with Crippen LogP contribution in [0.15, 0.2) is 77.3 Å². The average molecular weight is 542 g/mol. The first kappa shape index (κ1) is 25.7. The van der Waals surface area contributed by atoms with E-state index in [-0.39, 0.29) is 11.0 Å². The van der Waals surface area contributed by atoms with Crippen molar-refractivity contribution >= 4 is 44.9 Å². The Hall–Kier alpha value is -2.90. The van der Waals surface area contributed by atoms with Crippen LogP contribution in [0.25, 0.3) is 0 Å². The molecule has 178 valence electrons. The Bertz CT molecular complexity index is 1090. The minimum absolute atomic E-state index is 0.205. The van der Waals surface area contributed by atoms with Crippen molar-refractivity contribution in [1.29, 1.82) is 0 Å². The smallest absolute Gasteiger partial charge is 0.261 e. The highest BCUT2D eigenvalue weighted by Crippen LogP contribution is 2.24. The molecular weight excluding hydrogens is 512 g/mol. The van der Waals surface area contributed by atoms with Gasteiger partial charge in [0.1, 0.15) is 11.5 Å². The van der Waals surface area contributed by atoms with E-state index >= 15 is 0 Å². The van der Waals surface area contributed by atoms with Crippen molar-refractivity contribution in [3.05, 3.63) is 88.4 Å². The third-order valence-electron chi connectivity index (χ3n) is 4.82. The van der Waals surface area contributed by atoms with E-state index in [4.69, 9.17) is 21.7 Å². The first-order valence-corrected chi connectivity index (χ1v) is 12.4. The molecule has 0 fully saturated rings. The largest absolute Gasteiger partial charge is 0.494 e. The summed E-state index contributed by atoms with van der Waals surface area (Å²) < 4.78 is 12.4. The highest BCUT2D eigenvalue weighted by Gasteiger charge is 2.15. The Kier molecular flexibility index (Phi) is 9.91. The van der Waals surface area contributed by atoms with Gasteiger partial charge in [-0.15, -0.1) is 0 Å². The molecule has 0 heterocycles. The molecule has 0 saturated heterocycles. The average Bonchev–Trinajstić information content (AvgIpc) is 2.82. The van der Waals surface area contributed by atoms with E-state index in [1.165, 1.54) is 5.56 Å². The standard InChI is InChI=1S/C27H29BrN2O3S/c1-19(2)18-33-25-15-10-21(28)17-24(25)26(31)30-27(34)29-22-11-13-23(14-12-22)32-16-6-9-20-7-4-3-5-8-20/h3-5,7-8,10-15,17,19H,6,9,16,18H2,1-2H3,(H2,29,30,31,34). The van der Waals surface area contributed by atoms with Crippen molar-refractivity contribution in [2.75, 3.05) is 18.5 Å². The van der Waals surface area contributed by atoms with Gasteiger partial charge < -0.3 is 14.8 Å². The monoisotopic (exact) mass is 540 g/mol. The maximum atomic E-state index is 12.8. The highest BCUT2D eigenvalue weighted by atomic mass is 79.9. The number of aryl methyl sites for hydroxylation is 1. The van der Waals surface area contributed by atoms with Crippen LogP contribution in [0.5, 0.6) is 11.5 Å². The summed E-state index contributed by atoms with van der Waals surface area (Å²) in [6.45, 7) is 5.27. The molecule has 3 aromatic rings. The summed E-state index contributed by atoms with van der Waals surface area (Å²) in [5.41, 5.74) is 2.48. The molecule has 0 atom stereocenters. The number of carbonyl (C=O) groups is 1. The van der Waals surface area contributed by atoms with Gasteiger partial charge in [-0.05, 0) is 79.0 Å². The maximum Gasteiger partial charge on any atom is 0.261 e. The molecule has 0 aliphatic rings. The van der Waals surface area contributed by atoms with Crippen molar-refractivity contribution in [1.82, 2.24) is 5.32 Å². The molecule has 5 nitrogen and oxygen atoms in total. The van der Waals surface area contributed by atoms with Gasteiger partial charge in [0.15, 0.2) is 5.11 Å². The van der Waals surface area contributed by atoms with E-state index in [2.05, 4.69) is 52.5 Å². The van der Waals surface area contributed by atoms with Crippen molar-refractivity contribution in [2.24, 2.45) is 5.92 Å². The summed E-state index contributed by atoms with van der Waals surface area (Å²) in [5.74, 6) is 1.31. The van der Waals surface area contributed by atoms with Crippen LogP contribution in [-0.4, -0.2) is 24.2 Å². The molecule has 3 rings (SSSR count). The Morgan fingerprint density at radius 3 is 2.44 bits per heavy atom. The number of anilines is 1. The first-order valence-electron chi connectivity index (χ1n) is 11.2. The van der Waals surface area contributed by atoms with Crippen LogP contribution in [0.2, 0.25) is 0 Å². The number of nitrogens with one attached hydrogen (secondary N) is 2. The SMILES string of the molecule is CC(C)COc1ccc(Br)cc1C(=O)NC(=S)Nc1ccc(OCCCc2ccccc2)cc1. The third kappa shape index (κ3) is 8.47. The molecule has 0 aliphatic carbocycles. The number of amides is 1. The molecule has 0 saturated carbocycles. The van der Waals surface area contributed by atoms with E-state index in [9.17, 15) is 4.79 Å². The molecule has 0 radical (unpaired) electrons. The van der Waals surface area contributed by atoms with Crippen molar-refractivity contribution < 1.29 is 14.3 Å². The number of carbonyl (C=O) groups excluding carboxylic acids is 1. The predicted molar refractivity (Wildman–Crippen MR) is 145 cm³/mol. The molecule has 0 aliphatic heterocycles. The van der Waals surface area contributed by atoms with Gasteiger partial charge >= 0.3 is 0 Å². The normalized spacial score (nSPS) is 10.6. The van der Waals surface area contributed by atoms with Crippen LogP contribution >= 0.6 is 28.1 Å². The van der Waals surface area contributed by atoms with Gasteiger partial charge in [0.05, 0.1) is 18.8 Å². The molecule has 0 spiro atoms. The fourth-order valence-corrected chi connectivity index (χ4v) is 3.71. The van der Waals surface area contributed by atoms with Crippen molar-refractivity contribution in [2.45, 2.75) is 26.7 Å².